The highest BCUT2D eigenvalue weighted by Gasteiger charge is 2.16. The Morgan fingerprint density at radius 3 is 1.03 bits per heavy atom. The molecule has 2 aromatic heterocycles. The number of carbonyl (C=O) groups is 1. The van der Waals surface area contributed by atoms with Crippen LogP contribution in [0.2, 0.25) is 0 Å². The molecule has 0 bridgehead atoms. The molecule has 6 N–H and O–H groups in total. The molecule has 30 nitrogen and oxygen atoms in total. The number of methoxy groups -OCH3 is 1. The molecule has 3 aromatic rings. The standard InChI is InChI=1S/C56H99N7O23/c1-66-10-47-86-55-61-52(58)51-53(62-55)63(56(65)60-51)48-49-2-4-50(5-3-49)54(64)59-7-9-68-12-14-70-16-18-72-20-22-74-24-26-76-28-30-78-32-34-80-36-38-82-40-42-84-44-46-85-45-43-83-41-39-81-37-35-79-33-31-77-29-27-75-25-23-73-21-19-71-17-15-69-13-11-67-8-6-57/h2-5H,6-48,57H2,1H3,(H,59,64)(H,60,65)(H2,58,61,62). The summed E-state index contributed by atoms with van der Waals surface area (Å²) >= 11 is 0. The van der Waals surface area contributed by atoms with Crippen molar-refractivity contribution in [2.45, 2.75) is 6.54 Å². The van der Waals surface area contributed by atoms with Gasteiger partial charge in [0.2, 0.25) is 0 Å². The van der Waals surface area contributed by atoms with E-state index in [-0.39, 0.29) is 30.9 Å². The number of hydrogen-bond acceptors (Lipinski definition) is 27. The lowest BCUT2D eigenvalue weighted by atomic mass is 10.1. The first-order chi connectivity index (χ1) is 42.5. The second-order valence-corrected chi connectivity index (χ2v) is 17.8. The van der Waals surface area contributed by atoms with Crippen LogP contribution in [0.15, 0.2) is 29.1 Å². The number of anilines is 1. The Hall–Kier alpha value is -4.20. The van der Waals surface area contributed by atoms with E-state index in [4.69, 9.17) is 111 Å². The first kappa shape index (κ1) is 76.0. The topological polar surface area (TPSA) is 339 Å². The minimum Gasteiger partial charge on any atom is -0.461 e. The third-order valence-electron chi connectivity index (χ3n) is 11.2. The number of imidazole rings is 1. The number of aromatic nitrogens is 4. The van der Waals surface area contributed by atoms with E-state index in [2.05, 4.69) is 20.3 Å². The molecule has 0 unspecified atom stereocenters. The Kier molecular flexibility index (Phi) is 50.6. The molecular weight excluding hydrogens is 1140 g/mol. The summed E-state index contributed by atoms with van der Waals surface area (Å²) in [6, 6.07) is 6.94. The summed E-state index contributed by atoms with van der Waals surface area (Å²) in [6.07, 6.45) is 0. The van der Waals surface area contributed by atoms with E-state index >= 15 is 0 Å². The summed E-state index contributed by atoms with van der Waals surface area (Å²) < 4.78 is 116. The number of nitrogens with one attached hydrogen (secondary N) is 2. The maximum atomic E-state index is 12.7. The number of H-pyrrole nitrogens is 1. The van der Waals surface area contributed by atoms with Gasteiger partial charge in [-0.3, -0.25) is 9.36 Å². The van der Waals surface area contributed by atoms with E-state index in [0.717, 1.165) is 5.56 Å². The van der Waals surface area contributed by atoms with Crippen LogP contribution in [0.1, 0.15) is 15.9 Å². The second-order valence-electron chi connectivity index (χ2n) is 17.8. The molecule has 0 saturated heterocycles. The highest BCUT2D eigenvalue weighted by molar-refractivity contribution is 5.94. The van der Waals surface area contributed by atoms with Crippen LogP contribution in [0.4, 0.5) is 5.82 Å². The molecular formula is C56H99N7O23. The summed E-state index contributed by atoms with van der Waals surface area (Å²) in [6.45, 7) is 19.6. The highest BCUT2D eigenvalue weighted by atomic mass is 16.6. The zero-order valence-electron chi connectivity index (χ0n) is 50.6. The summed E-state index contributed by atoms with van der Waals surface area (Å²) in [7, 11) is 1.55. The smallest absolute Gasteiger partial charge is 0.328 e. The lowest BCUT2D eigenvalue weighted by Crippen LogP contribution is -2.27. The lowest BCUT2D eigenvalue weighted by Gasteiger charge is -2.09. The van der Waals surface area contributed by atoms with Crippen LogP contribution in [-0.2, 0) is 101 Å². The number of nitrogens with two attached hydrogens (primary N) is 2. The molecule has 0 radical (unpaired) electrons. The molecule has 0 saturated carbocycles. The van der Waals surface area contributed by atoms with Crippen LogP contribution >= 0.6 is 0 Å². The van der Waals surface area contributed by atoms with Crippen LogP contribution in [0.3, 0.4) is 0 Å². The van der Waals surface area contributed by atoms with E-state index in [1.807, 2.05) is 0 Å². The number of nitrogens with zero attached hydrogens (tertiary/aromatic N) is 3. The Morgan fingerprint density at radius 2 is 0.733 bits per heavy atom. The fourth-order valence-corrected chi connectivity index (χ4v) is 6.89. The van der Waals surface area contributed by atoms with Gasteiger partial charge in [-0.15, -0.1) is 0 Å². The normalized spacial score (nSPS) is 11.7. The molecule has 1 amide bonds. The minimum absolute atomic E-state index is 0.0397. The van der Waals surface area contributed by atoms with Crippen LogP contribution in [-0.4, -0.2) is 310 Å². The van der Waals surface area contributed by atoms with E-state index < -0.39 is 5.69 Å². The second kappa shape index (κ2) is 57.3. The molecule has 86 heavy (non-hydrogen) atoms. The summed E-state index contributed by atoms with van der Waals surface area (Å²) in [5.74, 6) is -0.153. The maximum Gasteiger partial charge on any atom is 0.328 e. The first-order valence-electron chi connectivity index (χ1n) is 29.5. The molecule has 3 rings (SSSR count). The predicted molar refractivity (Wildman–Crippen MR) is 312 cm³/mol. The molecule has 0 aliphatic heterocycles. The van der Waals surface area contributed by atoms with Gasteiger partial charge in [-0.25, -0.2) is 4.79 Å². The number of amides is 1. The van der Waals surface area contributed by atoms with Crippen LogP contribution in [0.25, 0.3) is 11.2 Å². The third kappa shape index (κ3) is 42.6. The van der Waals surface area contributed by atoms with E-state index in [1.54, 1.807) is 31.4 Å². The van der Waals surface area contributed by atoms with E-state index in [1.165, 1.54) is 4.57 Å². The predicted octanol–water partition coefficient (Wildman–Crippen LogP) is -0.221. The van der Waals surface area contributed by atoms with Crippen LogP contribution in [0, 0.1) is 0 Å². The average molecular weight is 1240 g/mol. The Morgan fingerprint density at radius 1 is 0.430 bits per heavy atom. The summed E-state index contributed by atoms with van der Waals surface area (Å²) in [5.41, 5.74) is 12.8. The van der Waals surface area contributed by atoms with Gasteiger partial charge in [0.15, 0.2) is 11.5 Å². The number of carbonyl (C=O) groups excluding carboxylic acids is 1. The zero-order chi connectivity index (χ0) is 61.1. The number of fused-ring (bicyclic) bond motifs is 1. The summed E-state index contributed by atoms with van der Waals surface area (Å²) in [4.78, 5) is 36.5. The summed E-state index contributed by atoms with van der Waals surface area (Å²) in [5, 5.41) is 2.83. The largest absolute Gasteiger partial charge is 0.461 e. The lowest BCUT2D eigenvalue weighted by molar-refractivity contribution is -0.0312. The van der Waals surface area contributed by atoms with E-state index in [9.17, 15) is 9.59 Å². The van der Waals surface area contributed by atoms with Gasteiger partial charge in [-0.1, -0.05) is 12.1 Å². The highest BCUT2D eigenvalue weighted by Crippen LogP contribution is 2.19. The van der Waals surface area contributed by atoms with Gasteiger partial charge < -0.3 is 121 Å². The van der Waals surface area contributed by atoms with Crippen molar-refractivity contribution in [3.63, 3.8) is 0 Å². The minimum atomic E-state index is -0.401. The average Bonchev–Trinajstić information content (AvgIpc) is 2.85. The van der Waals surface area contributed by atoms with Gasteiger partial charge in [-0.05, 0) is 17.7 Å². The number of ether oxygens (including phenoxy) is 21. The quantitative estimate of drug-likeness (QED) is 0.0531. The first-order valence-corrected chi connectivity index (χ1v) is 29.5. The van der Waals surface area contributed by atoms with Crippen molar-refractivity contribution in [2.24, 2.45) is 5.73 Å². The van der Waals surface area contributed by atoms with Gasteiger partial charge in [0.05, 0.1) is 264 Å². The Balaban J connectivity index is 0.915. The number of hydrogen-bond donors (Lipinski definition) is 4. The van der Waals surface area contributed by atoms with Crippen molar-refractivity contribution < 1.29 is 104 Å². The zero-order valence-corrected chi connectivity index (χ0v) is 50.6. The maximum absolute atomic E-state index is 12.7. The third-order valence-corrected chi connectivity index (χ3v) is 11.2. The molecule has 0 aliphatic carbocycles. The molecule has 2 heterocycles. The number of rotatable bonds is 66. The van der Waals surface area contributed by atoms with Crippen molar-refractivity contribution >= 4 is 22.9 Å². The molecule has 496 valence electrons. The van der Waals surface area contributed by atoms with Gasteiger partial charge in [0, 0.05) is 25.8 Å². The number of benzene rings is 1. The molecule has 0 fully saturated rings. The molecule has 0 atom stereocenters. The van der Waals surface area contributed by atoms with Crippen molar-refractivity contribution in [3.8, 4) is 6.01 Å². The van der Waals surface area contributed by atoms with Gasteiger partial charge in [0.1, 0.15) is 12.1 Å². The van der Waals surface area contributed by atoms with E-state index in [0.29, 0.717) is 287 Å². The molecule has 30 heteroatoms. The fraction of sp³-hybridized carbons (Fsp3) is 0.786. The molecule has 1 aromatic carbocycles. The van der Waals surface area contributed by atoms with Crippen molar-refractivity contribution in [1.29, 1.82) is 0 Å². The SMILES string of the molecule is COCCOc1nc(N)c2[nH]c(=O)n(Cc3ccc(C(=O)NCCOCCOCCOCCOCCOCCOCCOCCOCCOCCOCCOCCOCCOCCOCCOCCOCCOCCOCCOCCN)cc3)c2n1. The fourth-order valence-electron chi connectivity index (χ4n) is 6.89. The van der Waals surface area contributed by atoms with Crippen LogP contribution in [0.5, 0.6) is 6.01 Å². The Bertz CT molecular complexity index is 2050. The number of nitrogen functional groups attached to an aromatic ring is 1. The van der Waals surface area contributed by atoms with Crippen molar-refractivity contribution in [1.82, 2.24) is 24.8 Å². The van der Waals surface area contributed by atoms with Gasteiger partial charge >= 0.3 is 11.7 Å². The van der Waals surface area contributed by atoms with Crippen LogP contribution < -0.4 is 27.2 Å². The van der Waals surface area contributed by atoms with Crippen molar-refractivity contribution in [3.05, 3.63) is 45.9 Å². The molecule has 0 spiro atoms. The molecule has 0 aliphatic rings. The van der Waals surface area contributed by atoms with Gasteiger partial charge in [0.25, 0.3) is 5.91 Å². The van der Waals surface area contributed by atoms with Gasteiger partial charge in [-0.2, -0.15) is 9.97 Å². The Labute approximate surface area is 505 Å². The van der Waals surface area contributed by atoms with Crippen molar-refractivity contribution in [2.75, 3.05) is 290 Å². The monoisotopic (exact) mass is 1240 g/mol. The number of aromatic amines is 1.